The molecular formula is C25H34FN3O. The average molecular weight is 412 g/mol. The highest BCUT2D eigenvalue weighted by Gasteiger charge is 2.32. The van der Waals surface area contributed by atoms with Crippen LogP contribution in [0.1, 0.15) is 29.9 Å². The summed E-state index contributed by atoms with van der Waals surface area (Å²) in [6.45, 7) is 3.61. The number of carbonyl (C=O) groups excluding carboxylic acids is 1. The summed E-state index contributed by atoms with van der Waals surface area (Å²) in [6.07, 6.45) is 2.59. The molecule has 0 spiro atoms. The number of carbonyl (C=O) groups is 1. The second kappa shape index (κ2) is 10.7. The van der Waals surface area contributed by atoms with E-state index in [2.05, 4.69) is 21.7 Å². The largest absolute Gasteiger partial charge is 0.338 e. The van der Waals surface area contributed by atoms with Gasteiger partial charge in [0.25, 0.3) is 0 Å². The molecular weight excluding hydrogens is 377 g/mol. The fourth-order valence-corrected chi connectivity index (χ4v) is 4.18. The molecule has 0 saturated carbocycles. The number of likely N-dealkylation sites (tertiary alicyclic amines) is 1. The quantitative estimate of drug-likeness (QED) is 0.664. The minimum absolute atomic E-state index is 0.182. The summed E-state index contributed by atoms with van der Waals surface area (Å²) in [6, 6.07) is 16.8. The van der Waals surface area contributed by atoms with E-state index in [-0.39, 0.29) is 23.7 Å². The third kappa shape index (κ3) is 6.13. The third-order valence-electron chi connectivity index (χ3n) is 6.05. The number of likely N-dealkylation sites (N-methyl/N-ethyl adjacent to an activating group) is 1. The molecule has 0 N–H and O–H groups in total. The lowest BCUT2D eigenvalue weighted by atomic mass is 9.89. The van der Waals surface area contributed by atoms with Gasteiger partial charge in [-0.05, 0) is 76.8 Å². The Balaban J connectivity index is 1.87. The molecule has 4 nitrogen and oxygen atoms in total. The maximum Gasteiger partial charge on any atom is 0.230 e. The molecule has 1 saturated heterocycles. The normalized spacial score (nSPS) is 16.6. The summed E-state index contributed by atoms with van der Waals surface area (Å²) in [5.41, 5.74) is 2.00. The number of hydrogen-bond acceptors (Lipinski definition) is 3. The zero-order chi connectivity index (χ0) is 21.5. The van der Waals surface area contributed by atoms with Gasteiger partial charge < -0.3 is 14.7 Å². The van der Waals surface area contributed by atoms with Crippen LogP contribution in [0.5, 0.6) is 0 Å². The molecule has 0 bridgehead atoms. The van der Waals surface area contributed by atoms with Gasteiger partial charge in [-0.3, -0.25) is 4.79 Å². The van der Waals surface area contributed by atoms with Crippen molar-refractivity contribution in [1.29, 1.82) is 0 Å². The van der Waals surface area contributed by atoms with Gasteiger partial charge >= 0.3 is 0 Å². The smallest absolute Gasteiger partial charge is 0.230 e. The molecule has 0 radical (unpaired) electrons. The lowest BCUT2D eigenvalue weighted by Crippen LogP contribution is -2.50. The molecule has 2 aromatic rings. The van der Waals surface area contributed by atoms with Crippen molar-refractivity contribution in [1.82, 2.24) is 14.7 Å². The second-order valence-electron chi connectivity index (χ2n) is 8.66. The predicted molar refractivity (Wildman–Crippen MR) is 120 cm³/mol. The van der Waals surface area contributed by atoms with Gasteiger partial charge in [-0.25, -0.2) is 4.39 Å². The molecule has 1 heterocycles. The highest BCUT2D eigenvalue weighted by atomic mass is 19.1. The molecule has 2 aromatic carbocycles. The molecule has 1 atom stereocenters. The Bertz CT molecular complexity index is 786. The zero-order valence-electron chi connectivity index (χ0n) is 18.4. The van der Waals surface area contributed by atoms with Crippen LogP contribution in [0, 0.1) is 5.82 Å². The molecule has 0 aliphatic carbocycles. The molecule has 1 aliphatic heterocycles. The van der Waals surface area contributed by atoms with E-state index >= 15 is 0 Å². The van der Waals surface area contributed by atoms with Crippen molar-refractivity contribution in [3.05, 3.63) is 71.5 Å². The van der Waals surface area contributed by atoms with Crippen molar-refractivity contribution in [2.75, 3.05) is 47.3 Å². The van der Waals surface area contributed by atoms with Crippen molar-refractivity contribution < 1.29 is 9.18 Å². The zero-order valence-corrected chi connectivity index (χ0v) is 18.4. The highest BCUT2D eigenvalue weighted by molar-refractivity contribution is 5.84. The molecule has 0 unspecified atom stereocenters. The second-order valence-corrected chi connectivity index (χ2v) is 8.66. The summed E-state index contributed by atoms with van der Waals surface area (Å²) in [5.74, 6) is -0.333. The molecule has 1 fully saturated rings. The number of nitrogens with zero attached hydrogens (tertiary/aromatic N) is 3. The number of halogens is 1. The van der Waals surface area contributed by atoms with Gasteiger partial charge in [0, 0.05) is 19.1 Å². The van der Waals surface area contributed by atoms with Crippen molar-refractivity contribution >= 4 is 5.91 Å². The standard InChI is InChI=1S/C25H34FN3O/c1-27(2)17-18-29(23-13-15-28(3)16-14-23)25(30)24(21-7-5-4-6-8-21)19-20-9-11-22(26)12-10-20/h4-12,23-24H,13-19H2,1-3H3/t24-/m1/s1. The Morgan fingerprint density at radius 3 is 2.27 bits per heavy atom. The molecule has 3 rings (SSSR count). The van der Waals surface area contributed by atoms with Crippen LogP contribution < -0.4 is 0 Å². The van der Waals surface area contributed by atoms with Gasteiger partial charge in [0.15, 0.2) is 0 Å². The van der Waals surface area contributed by atoms with Crippen LogP contribution in [0.25, 0.3) is 0 Å². The van der Waals surface area contributed by atoms with E-state index in [0.29, 0.717) is 6.42 Å². The van der Waals surface area contributed by atoms with Gasteiger partial charge in [-0.15, -0.1) is 0 Å². The Kier molecular flexibility index (Phi) is 8.00. The maximum atomic E-state index is 13.9. The SMILES string of the molecule is CN(C)CCN(C(=O)[C@H](Cc1ccc(F)cc1)c1ccccc1)C1CCN(C)CC1. The number of hydrogen-bond donors (Lipinski definition) is 0. The van der Waals surface area contributed by atoms with Crippen molar-refractivity contribution in [3.8, 4) is 0 Å². The summed E-state index contributed by atoms with van der Waals surface area (Å²) in [7, 11) is 6.23. The first-order valence-electron chi connectivity index (χ1n) is 10.9. The lowest BCUT2D eigenvalue weighted by Gasteiger charge is -2.39. The topological polar surface area (TPSA) is 26.8 Å². The van der Waals surface area contributed by atoms with Crippen LogP contribution in [0.4, 0.5) is 4.39 Å². The Hall–Kier alpha value is -2.24. The van der Waals surface area contributed by atoms with E-state index < -0.39 is 0 Å². The first-order chi connectivity index (χ1) is 14.4. The summed E-state index contributed by atoms with van der Waals surface area (Å²) in [5, 5.41) is 0. The molecule has 30 heavy (non-hydrogen) atoms. The van der Waals surface area contributed by atoms with Gasteiger partial charge in [0.1, 0.15) is 5.82 Å². The van der Waals surface area contributed by atoms with E-state index in [4.69, 9.17) is 0 Å². The van der Waals surface area contributed by atoms with Gasteiger partial charge in [0.05, 0.1) is 5.92 Å². The predicted octanol–water partition coefficient (Wildman–Crippen LogP) is 3.64. The summed E-state index contributed by atoms with van der Waals surface area (Å²) < 4.78 is 13.4. The minimum atomic E-state index is -0.265. The molecule has 5 heteroatoms. The van der Waals surface area contributed by atoms with Crippen LogP contribution in [0.2, 0.25) is 0 Å². The van der Waals surface area contributed by atoms with E-state index in [1.165, 1.54) is 12.1 Å². The fourth-order valence-electron chi connectivity index (χ4n) is 4.18. The number of rotatable bonds is 8. The number of amides is 1. The molecule has 0 aromatic heterocycles. The summed E-state index contributed by atoms with van der Waals surface area (Å²) in [4.78, 5) is 20.5. The van der Waals surface area contributed by atoms with Gasteiger partial charge in [-0.2, -0.15) is 0 Å². The van der Waals surface area contributed by atoms with E-state index in [0.717, 1.165) is 50.1 Å². The lowest BCUT2D eigenvalue weighted by molar-refractivity contribution is -0.136. The monoisotopic (exact) mass is 411 g/mol. The molecule has 162 valence electrons. The maximum absolute atomic E-state index is 13.9. The Morgan fingerprint density at radius 1 is 1.03 bits per heavy atom. The van der Waals surface area contributed by atoms with Crippen LogP contribution >= 0.6 is 0 Å². The fraction of sp³-hybridized carbons (Fsp3) is 0.480. The third-order valence-corrected chi connectivity index (χ3v) is 6.05. The van der Waals surface area contributed by atoms with E-state index in [1.54, 1.807) is 12.1 Å². The van der Waals surface area contributed by atoms with Gasteiger partial charge in [0.2, 0.25) is 5.91 Å². The van der Waals surface area contributed by atoms with Crippen LogP contribution in [-0.4, -0.2) is 74.0 Å². The van der Waals surface area contributed by atoms with Crippen LogP contribution in [-0.2, 0) is 11.2 Å². The summed E-state index contributed by atoms with van der Waals surface area (Å²) >= 11 is 0. The van der Waals surface area contributed by atoms with E-state index in [9.17, 15) is 9.18 Å². The van der Waals surface area contributed by atoms with Crippen molar-refractivity contribution in [2.24, 2.45) is 0 Å². The first kappa shape index (κ1) is 22.4. The molecule has 1 aliphatic rings. The van der Waals surface area contributed by atoms with Crippen LogP contribution in [0.15, 0.2) is 54.6 Å². The van der Waals surface area contributed by atoms with Crippen molar-refractivity contribution in [2.45, 2.75) is 31.2 Å². The number of benzene rings is 2. The van der Waals surface area contributed by atoms with Crippen LogP contribution in [0.3, 0.4) is 0 Å². The Morgan fingerprint density at radius 2 is 1.67 bits per heavy atom. The first-order valence-corrected chi connectivity index (χ1v) is 10.9. The number of piperidine rings is 1. The highest BCUT2D eigenvalue weighted by Crippen LogP contribution is 2.27. The Labute approximate surface area is 180 Å². The minimum Gasteiger partial charge on any atom is -0.338 e. The average Bonchev–Trinajstić information content (AvgIpc) is 2.75. The van der Waals surface area contributed by atoms with Gasteiger partial charge in [-0.1, -0.05) is 42.5 Å². The molecule has 1 amide bonds. The van der Waals surface area contributed by atoms with Crippen molar-refractivity contribution in [3.63, 3.8) is 0 Å². The van der Waals surface area contributed by atoms with E-state index in [1.807, 2.05) is 44.4 Å².